The predicted octanol–water partition coefficient (Wildman–Crippen LogP) is 4.71. The highest BCUT2D eigenvalue weighted by atomic mass is 16.5. The molecule has 1 unspecified atom stereocenters. The Morgan fingerprint density at radius 1 is 1.05 bits per heavy atom. The van der Waals surface area contributed by atoms with Crippen LogP contribution in [0.5, 0.6) is 11.5 Å². The fourth-order valence-electron chi connectivity index (χ4n) is 2.35. The topological polar surface area (TPSA) is 35.2 Å². The molecular weight excluding hydrogens is 258 g/mol. The maximum atomic E-state index is 6.01. The highest BCUT2D eigenvalue weighted by Gasteiger charge is 2.06. The second kappa shape index (κ2) is 7.84. The van der Waals surface area contributed by atoms with Crippen LogP contribution in [0.4, 0.5) is 0 Å². The Morgan fingerprint density at radius 2 is 1.76 bits per heavy atom. The van der Waals surface area contributed by atoms with Gasteiger partial charge in [-0.2, -0.15) is 0 Å². The number of aryl methyl sites for hydroxylation is 1. The number of nitrogens with two attached hydrogens (primary N) is 1. The highest BCUT2D eigenvalue weighted by Crippen LogP contribution is 2.26. The molecule has 0 aliphatic heterocycles. The van der Waals surface area contributed by atoms with Crippen LogP contribution in [0, 0.1) is 0 Å². The van der Waals surface area contributed by atoms with Gasteiger partial charge in [-0.15, -0.1) is 0 Å². The Bertz CT molecular complexity index is 546. The van der Waals surface area contributed by atoms with Gasteiger partial charge in [0, 0.05) is 6.04 Å². The molecule has 2 nitrogen and oxygen atoms in total. The maximum absolute atomic E-state index is 6.01. The molecule has 112 valence electrons. The summed E-state index contributed by atoms with van der Waals surface area (Å²) >= 11 is 0. The highest BCUT2D eigenvalue weighted by molar-refractivity contribution is 5.39. The van der Waals surface area contributed by atoms with Crippen molar-refractivity contribution in [2.24, 2.45) is 5.73 Å². The van der Waals surface area contributed by atoms with Crippen molar-refractivity contribution in [3.63, 3.8) is 0 Å². The molecule has 0 spiro atoms. The first-order valence-electron chi connectivity index (χ1n) is 7.79. The third kappa shape index (κ3) is 4.91. The molecule has 2 heteroatoms. The van der Waals surface area contributed by atoms with Crippen LogP contribution >= 0.6 is 0 Å². The minimum absolute atomic E-state index is 0.131. The van der Waals surface area contributed by atoms with E-state index in [0.29, 0.717) is 0 Å². The van der Waals surface area contributed by atoms with Gasteiger partial charge in [0.15, 0.2) is 0 Å². The molecule has 2 aromatic rings. The van der Waals surface area contributed by atoms with Gasteiger partial charge < -0.3 is 10.5 Å². The van der Waals surface area contributed by atoms with Gasteiger partial charge in [0.2, 0.25) is 0 Å². The molecule has 0 saturated heterocycles. The molecule has 2 aromatic carbocycles. The molecule has 0 aliphatic rings. The van der Waals surface area contributed by atoms with E-state index >= 15 is 0 Å². The monoisotopic (exact) mass is 283 g/mol. The Hall–Kier alpha value is -1.80. The minimum atomic E-state index is 0.131. The van der Waals surface area contributed by atoms with Crippen LogP contribution in [0.25, 0.3) is 0 Å². The number of para-hydroxylation sites is 1. The Balaban J connectivity index is 2.07. The van der Waals surface area contributed by atoms with Crippen LogP contribution in [-0.4, -0.2) is 6.04 Å². The number of benzene rings is 2. The van der Waals surface area contributed by atoms with Gasteiger partial charge in [-0.3, -0.25) is 0 Å². The molecule has 0 aliphatic carbocycles. The normalized spacial score (nSPS) is 12.1. The van der Waals surface area contributed by atoms with Gasteiger partial charge in [-0.25, -0.2) is 0 Å². The smallest absolute Gasteiger partial charge is 0.130 e. The first kappa shape index (κ1) is 15.6. The van der Waals surface area contributed by atoms with Crippen LogP contribution in [0.3, 0.4) is 0 Å². The maximum Gasteiger partial charge on any atom is 0.130 e. The van der Waals surface area contributed by atoms with Crippen molar-refractivity contribution in [3.05, 3.63) is 59.7 Å². The lowest BCUT2D eigenvalue weighted by Crippen LogP contribution is -2.18. The average Bonchev–Trinajstić information content (AvgIpc) is 2.48. The van der Waals surface area contributed by atoms with Gasteiger partial charge in [0.1, 0.15) is 11.5 Å². The van der Waals surface area contributed by atoms with Gasteiger partial charge in [0.05, 0.1) is 0 Å². The Kier molecular flexibility index (Phi) is 5.82. The van der Waals surface area contributed by atoms with Crippen LogP contribution in [0.2, 0.25) is 0 Å². The molecule has 0 aromatic heterocycles. The van der Waals surface area contributed by atoms with Gasteiger partial charge in [0.25, 0.3) is 0 Å². The van der Waals surface area contributed by atoms with Crippen molar-refractivity contribution in [3.8, 4) is 11.5 Å². The predicted molar refractivity (Wildman–Crippen MR) is 88.9 cm³/mol. The van der Waals surface area contributed by atoms with Crippen LogP contribution < -0.4 is 10.5 Å². The van der Waals surface area contributed by atoms with E-state index in [4.69, 9.17) is 10.5 Å². The molecule has 2 N–H and O–H groups in total. The van der Waals surface area contributed by atoms with Crippen molar-refractivity contribution >= 4 is 0 Å². The van der Waals surface area contributed by atoms with Crippen LogP contribution in [-0.2, 0) is 12.8 Å². The zero-order chi connectivity index (χ0) is 15.1. The molecule has 0 amide bonds. The fraction of sp³-hybridized carbons (Fsp3) is 0.368. The third-order valence-electron chi connectivity index (χ3n) is 3.48. The third-order valence-corrected chi connectivity index (χ3v) is 3.48. The number of hydrogen-bond donors (Lipinski definition) is 1. The van der Waals surface area contributed by atoms with Crippen molar-refractivity contribution in [1.82, 2.24) is 0 Å². The second-order valence-corrected chi connectivity index (χ2v) is 5.64. The zero-order valence-corrected chi connectivity index (χ0v) is 13.0. The van der Waals surface area contributed by atoms with Crippen molar-refractivity contribution in [1.29, 1.82) is 0 Å². The summed E-state index contributed by atoms with van der Waals surface area (Å²) in [5.74, 6) is 1.78. The lowest BCUT2D eigenvalue weighted by molar-refractivity contribution is 0.473. The lowest BCUT2D eigenvalue weighted by Gasteiger charge is -2.13. The van der Waals surface area contributed by atoms with E-state index in [2.05, 4.69) is 25.1 Å². The molecule has 0 heterocycles. The standard InChI is InChI=1S/C19H25NO/c1-3-4-7-16-10-12-18(13-11-16)21-19-9-6-5-8-17(19)14-15(2)20/h5-6,8-13,15H,3-4,7,14,20H2,1-2H3. The van der Waals surface area contributed by atoms with E-state index in [0.717, 1.165) is 29.9 Å². The second-order valence-electron chi connectivity index (χ2n) is 5.64. The number of rotatable bonds is 7. The van der Waals surface area contributed by atoms with E-state index in [1.807, 2.05) is 37.3 Å². The van der Waals surface area contributed by atoms with Crippen molar-refractivity contribution in [2.75, 3.05) is 0 Å². The fourth-order valence-corrected chi connectivity index (χ4v) is 2.35. The zero-order valence-electron chi connectivity index (χ0n) is 13.0. The van der Waals surface area contributed by atoms with Crippen LogP contribution in [0.15, 0.2) is 48.5 Å². The Morgan fingerprint density at radius 3 is 2.43 bits per heavy atom. The summed E-state index contributed by atoms with van der Waals surface area (Å²) in [5.41, 5.74) is 8.42. The molecule has 0 bridgehead atoms. The summed E-state index contributed by atoms with van der Waals surface area (Å²) in [6, 6.07) is 16.6. The summed E-state index contributed by atoms with van der Waals surface area (Å²) in [6.07, 6.45) is 4.42. The molecule has 0 fully saturated rings. The van der Waals surface area contributed by atoms with Crippen LogP contribution in [0.1, 0.15) is 37.8 Å². The quantitative estimate of drug-likeness (QED) is 0.798. The number of unbranched alkanes of at least 4 members (excludes halogenated alkanes) is 1. The largest absolute Gasteiger partial charge is 0.457 e. The van der Waals surface area contributed by atoms with Crippen molar-refractivity contribution in [2.45, 2.75) is 45.6 Å². The van der Waals surface area contributed by atoms with E-state index in [-0.39, 0.29) is 6.04 Å². The van der Waals surface area contributed by atoms with Gasteiger partial charge in [-0.05, 0) is 55.5 Å². The summed E-state index contributed by atoms with van der Waals surface area (Å²) in [5, 5.41) is 0. The number of ether oxygens (including phenoxy) is 1. The first-order valence-corrected chi connectivity index (χ1v) is 7.79. The average molecular weight is 283 g/mol. The van der Waals surface area contributed by atoms with E-state index in [9.17, 15) is 0 Å². The minimum Gasteiger partial charge on any atom is -0.457 e. The first-order chi connectivity index (χ1) is 10.2. The molecule has 1 atom stereocenters. The van der Waals surface area contributed by atoms with E-state index in [1.54, 1.807) is 0 Å². The molecule has 21 heavy (non-hydrogen) atoms. The van der Waals surface area contributed by atoms with E-state index < -0.39 is 0 Å². The summed E-state index contributed by atoms with van der Waals surface area (Å²) in [7, 11) is 0. The lowest BCUT2D eigenvalue weighted by atomic mass is 10.1. The molecular formula is C19H25NO. The summed E-state index contributed by atoms with van der Waals surface area (Å²) < 4.78 is 6.01. The van der Waals surface area contributed by atoms with Gasteiger partial charge >= 0.3 is 0 Å². The molecule has 0 saturated carbocycles. The Labute approximate surface area is 127 Å². The van der Waals surface area contributed by atoms with Crippen molar-refractivity contribution < 1.29 is 4.74 Å². The molecule has 0 radical (unpaired) electrons. The summed E-state index contributed by atoms with van der Waals surface area (Å²) in [6.45, 7) is 4.23. The number of hydrogen-bond acceptors (Lipinski definition) is 2. The SMILES string of the molecule is CCCCc1ccc(Oc2ccccc2CC(C)N)cc1. The summed E-state index contributed by atoms with van der Waals surface area (Å²) in [4.78, 5) is 0. The molecule has 2 rings (SSSR count). The van der Waals surface area contributed by atoms with E-state index in [1.165, 1.54) is 18.4 Å². The van der Waals surface area contributed by atoms with Gasteiger partial charge in [-0.1, -0.05) is 43.7 Å².